The standard InChI is InChI=1S/C16H32O6S.Na/c1-4-5-6-7-8-9-10-11-12-14(13-22-15(17)18)16(2,3)23(19,20)21;/h14H,4-13H2,1-3H3,(H,17,18)(H,19,20,21);/q;+1/p-1. The van der Waals surface area contributed by atoms with Crippen LogP contribution < -0.4 is 34.7 Å². The average Bonchev–Trinajstić information content (AvgIpc) is 2.43. The number of unbranched alkanes of at least 4 members (excludes halogenated alkanes) is 7. The molecule has 0 aliphatic heterocycles. The molecule has 6 nitrogen and oxygen atoms in total. The minimum absolute atomic E-state index is 0. The van der Waals surface area contributed by atoms with Crippen LogP contribution in [0.15, 0.2) is 0 Å². The van der Waals surface area contributed by atoms with Crippen molar-refractivity contribution < 1.29 is 57.2 Å². The maximum absolute atomic E-state index is 11.5. The molecule has 0 aromatic heterocycles. The van der Waals surface area contributed by atoms with Crippen LogP contribution in [0.25, 0.3) is 0 Å². The molecular formula is C16H31NaO6S. The fraction of sp³-hybridized carbons (Fsp3) is 0.938. The Kier molecular flexibility index (Phi) is 14.7. The van der Waals surface area contributed by atoms with Crippen LogP contribution in [0.2, 0.25) is 0 Å². The van der Waals surface area contributed by atoms with Crippen LogP contribution >= 0.6 is 0 Å². The summed E-state index contributed by atoms with van der Waals surface area (Å²) in [5.74, 6) is -0.601. The van der Waals surface area contributed by atoms with Gasteiger partial charge in [0.1, 0.15) is 0 Å². The monoisotopic (exact) mass is 374 g/mol. The summed E-state index contributed by atoms with van der Waals surface area (Å²) in [5, 5.41) is 10.4. The number of carbonyl (C=O) groups excluding carboxylic acids is 1. The van der Waals surface area contributed by atoms with Crippen molar-refractivity contribution in [1.29, 1.82) is 0 Å². The summed E-state index contributed by atoms with van der Waals surface area (Å²) in [4.78, 5) is 10.4. The Morgan fingerprint density at radius 2 is 1.54 bits per heavy atom. The van der Waals surface area contributed by atoms with E-state index in [0.717, 1.165) is 25.7 Å². The molecule has 0 aromatic carbocycles. The van der Waals surface area contributed by atoms with Gasteiger partial charge in [0.15, 0.2) is 0 Å². The van der Waals surface area contributed by atoms with Gasteiger partial charge < -0.3 is 14.6 Å². The molecule has 138 valence electrons. The Labute approximate surface area is 168 Å². The van der Waals surface area contributed by atoms with Crippen molar-refractivity contribution in [3.8, 4) is 0 Å². The molecule has 0 aromatic rings. The van der Waals surface area contributed by atoms with E-state index in [1.54, 1.807) is 0 Å². The van der Waals surface area contributed by atoms with Crippen LogP contribution in [-0.4, -0.2) is 30.5 Å². The molecule has 1 N–H and O–H groups in total. The number of carbonyl (C=O) groups is 1. The van der Waals surface area contributed by atoms with Gasteiger partial charge in [0.2, 0.25) is 0 Å². The number of ether oxygens (including phenoxy) is 1. The normalized spacial score (nSPS) is 13.2. The maximum atomic E-state index is 11.5. The quantitative estimate of drug-likeness (QED) is 0.213. The average molecular weight is 374 g/mol. The van der Waals surface area contributed by atoms with Crippen LogP contribution in [0.1, 0.15) is 78.6 Å². The first-order chi connectivity index (χ1) is 10.6. The van der Waals surface area contributed by atoms with E-state index in [1.807, 2.05) is 0 Å². The molecule has 0 saturated heterocycles. The third-order valence-electron chi connectivity index (χ3n) is 4.46. The zero-order valence-electron chi connectivity index (χ0n) is 15.5. The van der Waals surface area contributed by atoms with Gasteiger partial charge in [-0.3, -0.25) is 4.55 Å². The molecule has 0 radical (unpaired) electrons. The topological polar surface area (TPSA) is 104 Å². The second-order valence-corrected chi connectivity index (χ2v) is 8.60. The zero-order valence-corrected chi connectivity index (χ0v) is 18.4. The molecule has 0 saturated carbocycles. The van der Waals surface area contributed by atoms with Crippen LogP contribution in [0.4, 0.5) is 4.79 Å². The minimum Gasteiger partial charge on any atom is -0.549 e. The van der Waals surface area contributed by atoms with E-state index in [-0.39, 0.29) is 36.2 Å². The zero-order chi connectivity index (χ0) is 17.9. The summed E-state index contributed by atoms with van der Waals surface area (Å²) in [5.41, 5.74) is 0. The second kappa shape index (κ2) is 13.4. The first kappa shape index (κ1) is 26.4. The first-order valence-corrected chi connectivity index (χ1v) is 9.87. The fourth-order valence-corrected chi connectivity index (χ4v) is 3.14. The predicted molar refractivity (Wildman–Crippen MR) is 87.7 cm³/mol. The Balaban J connectivity index is 0. The second-order valence-electron chi connectivity index (χ2n) is 6.60. The summed E-state index contributed by atoms with van der Waals surface area (Å²) in [7, 11) is -4.30. The largest absolute Gasteiger partial charge is 1.00 e. The van der Waals surface area contributed by atoms with E-state index < -0.39 is 26.9 Å². The van der Waals surface area contributed by atoms with Crippen LogP contribution in [0, 0.1) is 5.92 Å². The number of carboxylic acid groups (broad SMARTS) is 1. The third-order valence-corrected chi connectivity index (χ3v) is 6.12. The summed E-state index contributed by atoms with van der Waals surface area (Å²) in [6.07, 6.45) is 7.67. The molecular weight excluding hydrogens is 343 g/mol. The fourth-order valence-electron chi connectivity index (χ4n) is 2.54. The van der Waals surface area contributed by atoms with Gasteiger partial charge in [-0.05, 0) is 26.2 Å². The van der Waals surface area contributed by atoms with Gasteiger partial charge in [-0.1, -0.05) is 58.3 Å². The Hall–Kier alpha value is 0.180. The number of hydrogen-bond donors (Lipinski definition) is 1. The van der Waals surface area contributed by atoms with Gasteiger partial charge in [0, 0.05) is 6.61 Å². The van der Waals surface area contributed by atoms with Crippen molar-refractivity contribution >= 4 is 16.3 Å². The molecule has 1 unspecified atom stereocenters. The summed E-state index contributed by atoms with van der Waals surface area (Å²) < 4.78 is 35.4. The van der Waals surface area contributed by atoms with Gasteiger partial charge in [-0.25, -0.2) is 0 Å². The van der Waals surface area contributed by atoms with Crippen molar-refractivity contribution in [3.05, 3.63) is 0 Å². The third kappa shape index (κ3) is 10.9. The van der Waals surface area contributed by atoms with Gasteiger partial charge in [-0.2, -0.15) is 8.42 Å². The molecule has 0 bridgehead atoms. The van der Waals surface area contributed by atoms with E-state index in [9.17, 15) is 22.9 Å². The van der Waals surface area contributed by atoms with E-state index in [4.69, 9.17) is 0 Å². The van der Waals surface area contributed by atoms with Gasteiger partial charge in [0.05, 0.1) is 4.75 Å². The number of hydrogen-bond acceptors (Lipinski definition) is 5. The Morgan fingerprint density at radius 1 is 1.08 bits per heavy atom. The maximum Gasteiger partial charge on any atom is 1.00 e. The first-order valence-electron chi connectivity index (χ1n) is 8.43. The van der Waals surface area contributed by atoms with Crippen molar-refractivity contribution in [2.24, 2.45) is 5.92 Å². The Bertz CT molecular complexity index is 436. The summed E-state index contributed by atoms with van der Waals surface area (Å²) in [6.45, 7) is 4.66. The van der Waals surface area contributed by atoms with Crippen molar-refractivity contribution in [2.45, 2.75) is 83.3 Å². The van der Waals surface area contributed by atoms with Gasteiger partial charge in [0.25, 0.3) is 16.3 Å². The van der Waals surface area contributed by atoms with Crippen LogP contribution in [0.5, 0.6) is 0 Å². The van der Waals surface area contributed by atoms with Crippen LogP contribution in [0.3, 0.4) is 0 Å². The van der Waals surface area contributed by atoms with E-state index in [0.29, 0.717) is 6.42 Å². The molecule has 0 rings (SSSR count). The van der Waals surface area contributed by atoms with Crippen molar-refractivity contribution in [2.75, 3.05) is 6.61 Å². The van der Waals surface area contributed by atoms with Gasteiger partial charge in [-0.15, -0.1) is 0 Å². The number of rotatable bonds is 13. The minimum atomic E-state index is -4.30. The smallest absolute Gasteiger partial charge is 0.549 e. The van der Waals surface area contributed by atoms with E-state index >= 15 is 0 Å². The van der Waals surface area contributed by atoms with Crippen molar-refractivity contribution in [3.63, 3.8) is 0 Å². The molecule has 0 spiro atoms. The van der Waals surface area contributed by atoms with Crippen LogP contribution in [-0.2, 0) is 14.9 Å². The molecule has 0 aliphatic rings. The molecule has 24 heavy (non-hydrogen) atoms. The predicted octanol–water partition coefficient (Wildman–Crippen LogP) is 0.164. The molecule has 0 aliphatic carbocycles. The van der Waals surface area contributed by atoms with Gasteiger partial charge >= 0.3 is 29.6 Å². The van der Waals surface area contributed by atoms with Crippen molar-refractivity contribution in [1.82, 2.24) is 0 Å². The Morgan fingerprint density at radius 3 is 1.96 bits per heavy atom. The van der Waals surface area contributed by atoms with E-state index in [2.05, 4.69) is 11.7 Å². The summed E-state index contributed by atoms with van der Waals surface area (Å²) >= 11 is 0. The SMILES string of the molecule is CCCCCCCCCCC(COC(=O)[O-])C(C)(C)S(=O)(=O)O.[Na+]. The summed E-state index contributed by atoms with van der Waals surface area (Å²) in [6, 6.07) is 0. The molecule has 8 heteroatoms. The molecule has 0 amide bonds. The molecule has 0 heterocycles. The molecule has 0 fully saturated rings. The molecule has 1 atom stereocenters. The van der Waals surface area contributed by atoms with E-state index in [1.165, 1.54) is 39.5 Å².